The van der Waals surface area contributed by atoms with Crippen molar-refractivity contribution in [3.63, 3.8) is 0 Å². The number of carbonyl (C=O) groups excluding carboxylic acids is 1. The largest absolute Gasteiger partial charge is 0.465 e. The third kappa shape index (κ3) is 5.00. The standard InChI is InChI=1S/C8H16O4S/c1-4-12-8(9)7(2)13(10)6-5-11-3/h7H,4-6H2,1-3H3. The van der Waals surface area contributed by atoms with E-state index in [1.807, 2.05) is 0 Å². The first-order valence-corrected chi connectivity index (χ1v) is 5.54. The Morgan fingerprint density at radius 1 is 1.54 bits per heavy atom. The number of ether oxygens (including phenoxy) is 2. The van der Waals surface area contributed by atoms with Gasteiger partial charge in [-0.3, -0.25) is 9.00 Å². The average Bonchev–Trinajstić information content (AvgIpc) is 2.13. The van der Waals surface area contributed by atoms with Crippen molar-refractivity contribution in [1.29, 1.82) is 0 Å². The second kappa shape index (κ2) is 7.03. The van der Waals surface area contributed by atoms with Crippen LogP contribution in [0.15, 0.2) is 0 Å². The Morgan fingerprint density at radius 2 is 2.15 bits per heavy atom. The number of rotatable bonds is 6. The highest BCUT2D eigenvalue weighted by Crippen LogP contribution is 1.99. The third-order valence-corrected chi connectivity index (χ3v) is 3.05. The highest BCUT2D eigenvalue weighted by molar-refractivity contribution is 7.86. The van der Waals surface area contributed by atoms with Gasteiger partial charge in [-0.15, -0.1) is 0 Å². The minimum absolute atomic E-state index is 0.324. The molecule has 2 unspecified atom stereocenters. The van der Waals surface area contributed by atoms with Gasteiger partial charge in [-0.05, 0) is 13.8 Å². The molecule has 2 atom stereocenters. The van der Waals surface area contributed by atoms with Crippen molar-refractivity contribution in [2.24, 2.45) is 0 Å². The number of hydrogen-bond donors (Lipinski definition) is 0. The molecule has 4 nitrogen and oxygen atoms in total. The van der Waals surface area contributed by atoms with Crippen LogP contribution in [0.5, 0.6) is 0 Å². The second-order valence-corrected chi connectivity index (χ2v) is 4.35. The molecule has 0 saturated carbocycles. The lowest BCUT2D eigenvalue weighted by atomic mass is 10.5. The minimum atomic E-state index is -1.20. The van der Waals surface area contributed by atoms with Gasteiger partial charge in [0, 0.05) is 23.7 Å². The maximum atomic E-state index is 11.3. The summed E-state index contributed by atoms with van der Waals surface area (Å²) < 4.78 is 20.8. The van der Waals surface area contributed by atoms with E-state index in [4.69, 9.17) is 9.47 Å². The second-order valence-electron chi connectivity index (χ2n) is 2.47. The number of esters is 1. The van der Waals surface area contributed by atoms with Crippen LogP contribution in [0.25, 0.3) is 0 Å². The zero-order valence-electron chi connectivity index (χ0n) is 8.24. The van der Waals surface area contributed by atoms with E-state index in [9.17, 15) is 9.00 Å². The lowest BCUT2D eigenvalue weighted by molar-refractivity contribution is -0.142. The lowest BCUT2D eigenvalue weighted by Gasteiger charge is -2.09. The van der Waals surface area contributed by atoms with E-state index in [0.717, 1.165) is 0 Å². The third-order valence-electron chi connectivity index (χ3n) is 1.50. The van der Waals surface area contributed by atoms with E-state index < -0.39 is 22.0 Å². The summed E-state index contributed by atoms with van der Waals surface area (Å²) in [4.78, 5) is 11.1. The van der Waals surface area contributed by atoms with Crippen LogP contribution in [-0.4, -0.2) is 41.5 Å². The van der Waals surface area contributed by atoms with Crippen LogP contribution in [0.2, 0.25) is 0 Å². The summed E-state index contributed by atoms with van der Waals surface area (Å²) >= 11 is 0. The molecule has 0 aliphatic carbocycles. The van der Waals surface area contributed by atoms with E-state index in [2.05, 4.69) is 0 Å². The van der Waals surface area contributed by atoms with Gasteiger partial charge >= 0.3 is 5.97 Å². The van der Waals surface area contributed by atoms with Crippen molar-refractivity contribution in [2.75, 3.05) is 26.1 Å². The SMILES string of the molecule is CCOC(=O)C(C)S(=O)CCOC. The maximum Gasteiger partial charge on any atom is 0.321 e. The molecule has 78 valence electrons. The van der Waals surface area contributed by atoms with Crippen molar-refractivity contribution < 1.29 is 18.5 Å². The smallest absolute Gasteiger partial charge is 0.321 e. The van der Waals surface area contributed by atoms with Crippen LogP contribution in [0, 0.1) is 0 Å². The van der Waals surface area contributed by atoms with E-state index in [0.29, 0.717) is 19.0 Å². The maximum absolute atomic E-state index is 11.3. The van der Waals surface area contributed by atoms with Gasteiger partial charge in [0.25, 0.3) is 0 Å². The normalized spacial score (nSPS) is 15.0. The van der Waals surface area contributed by atoms with Gasteiger partial charge in [-0.1, -0.05) is 0 Å². The molecule has 0 aliphatic heterocycles. The Labute approximate surface area is 81.1 Å². The van der Waals surface area contributed by atoms with Gasteiger partial charge < -0.3 is 9.47 Å². The molecule has 0 aromatic heterocycles. The molecule has 0 saturated heterocycles. The van der Waals surface area contributed by atoms with Gasteiger partial charge in [-0.25, -0.2) is 0 Å². The Bertz CT molecular complexity index is 181. The first-order valence-electron chi connectivity index (χ1n) is 4.16. The molecular weight excluding hydrogens is 192 g/mol. The fraction of sp³-hybridized carbons (Fsp3) is 0.875. The lowest BCUT2D eigenvalue weighted by Crippen LogP contribution is -2.27. The van der Waals surface area contributed by atoms with Crippen molar-refractivity contribution >= 4 is 16.8 Å². The molecule has 0 bridgehead atoms. The molecule has 0 N–H and O–H groups in total. The van der Waals surface area contributed by atoms with Crippen LogP contribution < -0.4 is 0 Å². The van der Waals surface area contributed by atoms with Gasteiger partial charge in [0.1, 0.15) is 5.25 Å². The first-order chi connectivity index (χ1) is 6.13. The van der Waals surface area contributed by atoms with Crippen LogP contribution in [0.1, 0.15) is 13.8 Å². The molecule has 0 amide bonds. The van der Waals surface area contributed by atoms with E-state index >= 15 is 0 Å². The Balaban J connectivity index is 3.87. The van der Waals surface area contributed by atoms with E-state index in [1.165, 1.54) is 7.11 Å². The topological polar surface area (TPSA) is 52.6 Å². The Morgan fingerprint density at radius 3 is 2.62 bits per heavy atom. The molecular formula is C8H16O4S. The summed E-state index contributed by atoms with van der Waals surface area (Å²) in [6.07, 6.45) is 0. The number of methoxy groups -OCH3 is 1. The Hall–Kier alpha value is -0.420. The number of hydrogen-bond acceptors (Lipinski definition) is 4. The highest BCUT2D eigenvalue weighted by atomic mass is 32.2. The van der Waals surface area contributed by atoms with E-state index in [1.54, 1.807) is 13.8 Å². The zero-order chi connectivity index (χ0) is 10.3. The number of carbonyl (C=O) groups is 1. The first kappa shape index (κ1) is 12.6. The molecule has 0 aliphatic rings. The molecule has 0 spiro atoms. The van der Waals surface area contributed by atoms with Crippen molar-refractivity contribution in [1.82, 2.24) is 0 Å². The van der Waals surface area contributed by atoms with Crippen molar-refractivity contribution in [3.05, 3.63) is 0 Å². The van der Waals surface area contributed by atoms with Crippen LogP contribution >= 0.6 is 0 Å². The minimum Gasteiger partial charge on any atom is -0.465 e. The molecule has 5 heteroatoms. The van der Waals surface area contributed by atoms with Gasteiger partial charge in [-0.2, -0.15) is 0 Å². The van der Waals surface area contributed by atoms with Crippen LogP contribution in [0.4, 0.5) is 0 Å². The molecule has 0 radical (unpaired) electrons. The fourth-order valence-corrected chi connectivity index (χ4v) is 1.68. The predicted molar refractivity (Wildman–Crippen MR) is 51.0 cm³/mol. The molecule has 0 rings (SSSR count). The zero-order valence-corrected chi connectivity index (χ0v) is 9.06. The van der Waals surface area contributed by atoms with Gasteiger partial charge in [0.2, 0.25) is 0 Å². The monoisotopic (exact) mass is 208 g/mol. The molecule has 0 fully saturated rings. The fourth-order valence-electron chi connectivity index (χ4n) is 0.709. The highest BCUT2D eigenvalue weighted by Gasteiger charge is 2.20. The molecule has 0 aromatic carbocycles. The quantitative estimate of drug-likeness (QED) is 0.590. The molecule has 0 heterocycles. The van der Waals surface area contributed by atoms with Crippen molar-refractivity contribution in [3.8, 4) is 0 Å². The summed E-state index contributed by atoms with van der Waals surface area (Å²) in [6, 6.07) is 0. The molecule has 13 heavy (non-hydrogen) atoms. The van der Waals surface area contributed by atoms with E-state index in [-0.39, 0.29) is 0 Å². The summed E-state index contributed by atoms with van der Waals surface area (Å²) in [5, 5.41) is -0.560. The van der Waals surface area contributed by atoms with Crippen LogP contribution in [-0.2, 0) is 25.1 Å². The Kier molecular flexibility index (Phi) is 6.80. The molecule has 0 aromatic rings. The summed E-state index contributed by atoms with van der Waals surface area (Å²) in [5.74, 6) is -0.0341. The van der Waals surface area contributed by atoms with Crippen LogP contribution in [0.3, 0.4) is 0 Å². The summed E-state index contributed by atoms with van der Waals surface area (Å²) in [6.45, 7) is 4.05. The summed E-state index contributed by atoms with van der Waals surface area (Å²) in [5.41, 5.74) is 0. The van der Waals surface area contributed by atoms with Gasteiger partial charge in [0.15, 0.2) is 0 Å². The summed E-state index contributed by atoms with van der Waals surface area (Å²) in [7, 11) is 0.338. The van der Waals surface area contributed by atoms with Gasteiger partial charge in [0.05, 0.1) is 13.2 Å². The average molecular weight is 208 g/mol. The van der Waals surface area contributed by atoms with Crippen molar-refractivity contribution in [2.45, 2.75) is 19.1 Å². The predicted octanol–water partition coefficient (Wildman–Crippen LogP) is 0.333.